The van der Waals surface area contributed by atoms with Crippen LogP contribution < -0.4 is 21.7 Å². The van der Waals surface area contributed by atoms with Crippen molar-refractivity contribution in [1.82, 2.24) is 16.0 Å². The third-order valence-corrected chi connectivity index (χ3v) is 3.14. The number of rotatable bonds is 9. The number of nitrogens with one attached hydrogen (secondary N) is 3. The first-order valence-electron chi connectivity index (χ1n) is 7.65. The smallest absolute Gasteiger partial charge is 0.251 e. The van der Waals surface area contributed by atoms with Gasteiger partial charge in [-0.05, 0) is 24.1 Å². The van der Waals surface area contributed by atoms with E-state index < -0.39 is 5.91 Å². The number of carbonyl (C=O) groups is 2. The van der Waals surface area contributed by atoms with Crippen molar-refractivity contribution in [2.24, 2.45) is 10.7 Å². The maximum absolute atomic E-state index is 11.8. The summed E-state index contributed by atoms with van der Waals surface area (Å²) in [5.41, 5.74) is 6.46. The van der Waals surface area contributed by atoms with Crippen LogP contribution in [0.3, 0.4) is 0 Å². The van der Waals surface area contributed by atoms with E-state index >= 15 is 0 Å². The molecule has 132 valence electrons. The van der Waals surface area contributed by atoms with Gasteiger partial charge < -0.3 is 26.4 Å². The number of carbonyl (C=O) groups excluding carboxylic acids is 2. The highest BCUT2D eigenvalue weighted by Crippen LogP contribution is 2.04. The van der Waals surface area contributed by atoms with E-state index in [0.717, 1.165) is 18.5 Å². The van der Waals surface area contributed by atoms with E-state index in [-0.39, 0.29) is 12.5 Å². The van der Waals surface area contributed by atoms with E-state index in [1.165, 1.54) is 0 Å². The Kier molecular flexibility index (Phi) is 8.91. The van der Waals surface area contributed by atoms with Gasteiger partial charge in [0.05, 0.1) is 6.54 Å². The van der Waals surface area contributed by atoms with E-state index in [4.69, 9.17) is 10.5 Å². The van der Waals surface area contributed by atoms with Gasteiger partial charge in [-0.3, -0.25) is 14.6 Å². The van der Waals surface area contributed by atoms with Crippen molar-refractivity contribution in [3.05, 3.63) is 35.4 Å². The van der Waals surface area contributed by atoms with Crippen LogP contribution in [0.1, 0.15) is 22.3 Å². The van der Waals surface area contributed by atoms with E-state index in [1.807, 2.05) is 12.1 Å². The van der Waals surface area contributed by atoms with Gasteiger partial charge in [0.2, 0.25) is 5.91 Å². The van der Waals surface area contributed by atoms with Gasteiger partial charge in [0.1, 0.15) is 0 Å². The van der Waals surface area contributed by atoms with Crippen LogP contribution in [0.2, 0.25) is 0 Å². The molecule has 1 rings (SSSR count). The predicted molar refractivity (Wildman–Crippen MR) is 92.7 cm³/mol. The molecule has 2 amide bonds. The Morgan fingerprint density at radius 1 is 1.17 bits per heavy atom. The topological polar surface area (TPSA) is 118 Å². The quantitative estimate of drug-likeness (QED) is 0.278. The third-order valence-electron chi connectivity index (χ3n) is 3.14. The number of hydrogen-bond acceptors (Lipinski definition) is 4. The van der Waals surface area contributed by atoms with Crippen molar-refractivity contribution in [2.45, 2.75) is 13.0 Å². The molecular weight excluding hydrogens is 310 g/mol. The minimum absolute atomic E-state index is 0.173. The maximum atomic E-state index is 11.8. The summed E-state index contributed by atoms with van der Waals surface area (Å²) in [6, 6.07) is 7.07. The first-order chi connectivity index (χ1) is 11.6. The van der Waals surface area contributed by atoms with Gasteiger partial charge in [0, 0.05) is 39.4 Å². The lowest BCUT2D eigenvalue weighted by molar-refractivity contribution is -0.117. The molecule has 5 N–H and O–H groups in total. The van der Waals surface area contributed by atoms with E-state index in [1.54, 1.807) is 26.3 Å². The lowest BCUT2D eigenvalue weighted by Crippen LogP contribution is -2.37. The number of ether oxygens (including phenoxy) is 1. The molecule has 0 atom stereocenters. The Bertz CT molecular complexity index is 557. The van der Waals surface area contributed by atoms with Gasteiger partial charge >= 0.3 is 0 Å². The van der Waals surface area contributed by atoms with Gasteiger partial charge in [-0.25, -0.2) is 0 Å². The van der Waals surface area contributed by atoms with E-state index in [9.17, 15) is 9.59 Å². The molecule has 24 heavy (non-hydrogen) atoms. The number of guanidine groups is 1. The highest BCUT2D eigenvalue weighted by molar-refractivity contribution is 5.96. The highest BCUT2D eigenvalue weighted by atomic mass is 16.5. The summed E-state index contributed by atoms with van der Waals surface area (Å²) in [5, 5.41) is 8.81. The Balaban J connectivity index is 2.43. The molecule has 1 aromatic rings. The molecule has 0 radical (unpaired) electrons. The number of aliphatic imine (C=N–C) groups is 1. The fourth-order valence-electron chi connectivity index (χ4n) is 1.87. The third kappa shape index (κ3) is 7.59. The molecule has 0 saturated carbocycles. The second-order valence-electron chi connectivity index (χ2n) is 5.04. The second kappa shape index (κ2) is 11.0. The van der Waals surface area contributed by atoms with Crippen molar-refractivity contribution >= 4 is 17.8 Å². The van der Waals surface area contributed by atoms with E-state index in [0.29, 0.717) is 24.7 Å². The van der Waals surface area contributed by atoms with Gasteiger partial charge in [-0.1, -0.05) is 12.1 Å². The lowest BCUT2D eigenvalue weighted by atomic mass is 10.1. The van der Waals surface area contributed by atoms with Crippen molar-refractivity contribution in [1.29, 1.82) is 0 Å². The molecule has 0 fully saturated rings. The predicted octanol–water partition coefficient (Wildman–Crippen LogP) is -0.397. The average molecular weight is 335 g/mol. The van der Waals surface area contributed by atoms with Crippen molar-refractivity contribution in [3.63, 3.8) is 0 Å². The largest absolute Gasteiger partial charge is 0.385 e. The van der Waals surface area contributed by atoms with Crippen LogP contribution in [0, 0.1) is 0 Å². The number of primary amides is 1. The van der Waals surface area contributed by atoms with Gasteiger partial charge in [-0.2, -0.15) is 0 Å². The number of hydrogen-bond donors (Lipinski definition) is 4. The standard InChI is InChI=1S/C16H25N5O3/c1-18-16(19-8-3-9-24-2)21-10-12-4-6-13(7-5-12)15(23)20-11-14(17)22/h4-7H,3,8-11H2,1-2H3,(H2,17,22)(H,20,23)(H2,18,19,21). The Morgan fingerprint density at radius 2 is 1.88 bits per heavy atom. The van der Waals surface area contributed by atoms with Crippen LogP contribution in [-0.4, -0.2) is 51.6 Å². The first-order valence-corrected chi connectivity index (χ1v) is 7.65. The van der Waals surface area contributed by atoms with Crippen LogP contribution in [0.5, 0.6) is 0 Å². The molecule has 0 aliphatic carbocycles. The van der Waals surface area contributed by atoms with Gasteiger partial charge in [-0.15, -0.1) is 0 Å². The van der Waals surface area contributed by atoms with Crippen LogP contribution in [0.4, 0.5) is 0 Å². The molecule has 0 spiro atoms. The normalized spacial score (nSPS) is 11.0. The van der Waals surface area contributed by atoms with Crippen molar-refractivity contribution in [2.75, 3.05) is 33.9 Å². The zero-order valence-corrected chi connectivity index (χ0v) is 14.1. The highest BCUT2D eigenvalue weighted by Gasteiger charge is 2.06. The monoisotopic (exact) mass is 335 g/mol. The van der Waals surface area contributed by atoms with Crippen molar-refractivity contribution in [3.8, 4) is 0 Å². The minimum Gasteiger partial charge on any atom is -0.385 e. The molecule has 0 aromatic heterocycles. The molecule has 0 saturated heterocycles. The Hall–Kier alpha value is -2.61. The molecule has 0 bridgehead atoms. The summed E-state index contributed by atoms with van der Waals surface area (Å²) in [7, 11) is 3.38. The summed E-state index contributed by atoms with van der Waals surface area (Å²) >= 11 is 0. The van der Waals surface area contributed by atoms with Crippen LogP contribution in [-0.2, 0) is 16.1 Å². The van der Waals surface area contributed by atoms with Gasteiger partial charge in [0.15, 0.2) is 5.96 Å². The lowest BCUT2D eigenvalue weighted by Gasteiger charge is -2.12. The molecule has 0 aliphatic heterocycles. The van der Waals surface area contributed by atoms with Gasteiger partial charge in [0.25, 0.3) is 5.91 Å². The zero-order valence-electron chi connectivity index (χ0n) is 14.1. The number of benzene rings is 1. The summed E-state index contributed by atoms with van der Waals surface area (Å²) in [4.78, 5) is 26.6. The SMILES string of the molecule is CN=C(NCCCOC)NCc1ccc(C(=O)NCC(N)=O)cc1. The molecule has 0 heterocycles. The molecule has 1 aromatic carbocycles. The average Bonchev–Trinajstić information content (AvgIpc) is 2.59. The summed E-state index contributed by atoms with van der Waals surface area (Å²) in [6.45, 7) is 1.87. The minimum atomic E-state index is -0.575. The summed E-state index contributed by atoms with van der Waals surface area (Å²) in [6.07, 6.45) is 0.895. The summed E-state index contributed by atoms with van der Waals surface area (Å²) < 4.78 is 4.99. The molecule has 0 aliphatic rings. The number of methoxy groups -OCH3 is 1. The van der Waals surface area contributed by atoms with Crippen LogP contribution in [0.25, 0.3) is 0 Å². The van der Waals surface area contributed by atoms with Crippen LogP contribution in [0.15, 0.2) is 29.3 Å². The Morgan fingerprint density at radius 3 is 2.46 bits per heavy atom. The number of nitrogens with zero attached hydrogens (tertiary/aromatic N) is 1. The fourth-order valence-corrected chi connectivity index (χ4v) is 1.87. The molecule has 0 unspecified atom stereocenters. The molecule has 8 heteroatoms. The fraction of sp³-hybridized carbons (Fsp3) is 0.438. The van der Waals surface area contributed by atoms with Crippen LogP contribution >= 0.6 is 0 Å². The second-order valence-corrected chi connectivity index (χ2v) is 5.04. The Labute approximate surface area is 141 Å². The molecule has 8 nitrogen and oxygen atoms in total. The molecular formula is C16H25N5O3. The maximum Gasteiger partial charge on any atom is 0.251 e. The first kappa shape index (κ1) is 19.4. The summed E-state index contributed by atoms with van der Waals surface area (Å²) in [5.74, 6) is -0.202. The van der Waals surface area contributed by atoms with Crippen molar-refractivity contribution < 1.29 is 14.3 Å². The zero-order chi connectivity index (χ0) is 17.8. The number of nitrogens with two attached hydrogens (primary N) is 1. The van der Waals surface area contributed by atoms with E-state index in [2.05, 4.69) is 20.9 Å². The number of amides is 2.